The van der Waals surface area contributed by atoms with Crippen molar-refractivity contribution in [1.29, 1.82) is 0 Å². The molecule has 1 aliphatic heterocycles. The van der Waals surface area contributed by atoms with Gasteiger partial charge in [-0.2, -0.15) is 5.10 Å². The first-order valence-electron chi connectivity index (χ1n) is 11.1. The van der Waals surface area contributed by atoms with E-state index < -0.39 is 11.7 Å². The summed E-state index contributed by atoms with van der Waals surface area (Å²) in [5.41, 5.74) is 3.90. The minimum atomic E-state index is -0.579. The van der Waals surface area contributed by atoms with Crippen LogP contribution in [0.5, 0.6) is 0 Å². The molecule has 0 radical (unpaired) electrons. The molecule has 3 aromatic rings. The van der Waals surface area contributed by atoms with E-state index >= 15 is 0 Å². The molecule has 0 fully saturated rings. The van der Waals surface area contributed by atoms with Crippen molar-refractivity contribution in [3.63, 3.8) is 0 Å². The van der Waals surface area contributed by atoms with Gasteiger partial charge in [0.1, 0.15) is 23.6 Å². The molecule has 1 aliphatic rings. The van der Waals surface area contributed by atoms with Crippen molar-refractivity contribution in [1.82, 2.24) is 9.99 Å². The van der Waals surface area contributed by atoms with Crippen LogP contribution in [0.2, 0.25) is 0 Å². The minimum absolute atomic E-state index is 0.205. The van der Waals surface area contributed by atoms with Gasteiger partial charge >= 0.3 is 6.09 Å². The predicted octanol–water partition coefficient (Wildman–Crippen LogP) is 5.63. The Hall–Kier alpha value is -3.94. The summed E-state index contributed by atoms with van der Waals surface area (Å²) in [6.45, 7) is 9.17. The smallest absolute Gasteiger partial charge is 0.412 e. The molecule has 176 valence electrons. The molecule has 1 N–H and O–H groups in total. The molecule has 0 spiro atoms. The normalized spacial score (nSPS) is 15.7. The van der Waals surface area contributed by atoms with Gasteiger partial charge in [-0.05, 0) is 57.5 Å². The van der Waals surface area contributed by atoms with E-state index in [0.29, 0.717) is 29.3 Å². The summed E-state index contributed by atoms with van der Waals surface area (Å²) in [5.74, 6) is 0.327. The van der Waals surface area contributed by atoms with Crippen LogP contribution in [0.4, 0.5) is 10.5 Å². The quantitative estimate of drug-likeness (QED) is 0.544. The number of aromatic nitrogens is 1. The monoisotopic (exact) mass is 460 g/mol. The zero-order valence-electron chi connectivity index (χ0n) is 20.0. The lowest BCUT2D eigenvalue weighted by Crippen LogP contribution is -2.27. The Labute approximate surface area is 198 Å². The Bertz CT molecular complexity index is 1220. The van der Waals surface area contributed by atoms with Crippen molar-refractivity contribution in [2.75, 3.05) is 5.32 Å². The number of anilines is 1. The molecule has 2 amide bonds. The molecular formula is C26H28N4O4. The van der Waals surface area contributed by atoms with Crippen LogP contribution in [0.1, 0.15) is 66.3 Å². The first-order valence-corrected chi connectivity index (χ1v) is 11.1. The maximum atomic E-state index is 13.3. The molecule has 1 unspecified atom stereocenters. The van der Waals surface area contributed by atoms with Crippen LogP contribution >= 0.6 is 0 Å². The molecule has 0 saturated carbocycles. The lowest BCUT2D eigenvalue weighted by molar-refractivity contribution is 0.0635. The van der Waals surface area contributed by atoms with Crippen LogP contribution in [0.25, 0.3) is 0 Å². The predicted molar refractivity (Wildman–Crippen MR) is 129 cm³/mol. The Morgan fingerprint density at radius 1 is 1.06 bits per heavy atom. The molecule has 1 atom stereocenters. The maximum absolute atomic E-state index is 13.3. The summed E-state index contributed by atoms with van der Waals surface area (Å²) in [6.07, 6.45) is 1.54. The number of nitrogens with one attached hydrogen (secondary N) is 1. The van der Waals surface area contributed by atoms with E-state index in [2.05, 4.69) is 15.4 Å². The van der Waals surface area contributed by atoms with Crippen LogP contribution < -0.4 is 5.32 Å². The second-order valence-electron chi connectivity index (χ2n) is 9.28. The van der Waals surface area contributed by atoms with Crippen molar-refractivity contribution >= 4 is 23.4 Å². The number of hydrogen-bond donors (Lipinski definition) is 1. The third-order valence-electron chi connectivity index (χ3n) is 5.26. The van der Waals surface area contributed by atoms with E-state index in [1.165, 1.54) is 5.01 Å². The molecule has 0 saturated heterocycles. The van der Waals surface area contributed by atoms with Gasteiger partial charge in [0.2, 0.25) is 0 Å². The van der Waals surface area contributed by atoms with Gasteiger partial charge in [-0.1, -0.05) is 29.8 Å². The van der Waals surface area contributed by atoms with Gasteiger partial charge in [0, 0.05) is 24.6 Å². The Morgan fingerprint density at radius 2 is 1.74 bits per heavy atom. The molecule has 2 heterocycles. The summed E-state index contributed by atoms with van der Waals surface area (Å²) in [6, 6.07) is 14.3. The Kier molecular flexibility index (Phi) is 6.24. The highest BCUT2D eigenvalue weighted by Gasteiger charge is 2.35. The molecular weight excluding hydrogens is 432 g/mol. The van der Waals surface area contributed by atoms with Crippen LogP contribution in [-0.4, -0.2) is 33.3 Å². The number of benzene rings is 2. The van der Waals surface area contributed by atoms with E-state index in [1.807, 2.05) is 52.0 Å². The SMILES string of the molecule is Cc1ccc(C(=O)N2N=C(c3ccc(NC(=O)OC(C)(C)C)cc3)CC2c2coc(C)n2)cc1. The van der Waals surface area contributed by atoms with Crippen molar-refractivity contribution in [2.45, 2.75) is 52.7 Å². The Balaban J connectivity index is 1.57. The van der Waals surface area contributed by atoms with Gasteiger partial charge in [-0.25, -0.2) is 14.8 Å². The van der Waals surface area contributed by atoms with Crippen molar-refractivity contribution < 1.29 is 18.7 Å². The summed E-state index contributed by atoms with van der Waals surface area (Å²) in [5, 5.41) is 8.86. The fourth-order valence-corrected chi connectivity index (χ4v) is 3.63. The maximum Gasteiger partial charge on any atom is 0.412 e. The van der Waals surface area contributed by atoms with Gasteiger partial charge in [0.15, 0.2) is 5.89 Å². The minimum Gasteiger partial charge on any atom is -0.449 e. The lowest BCUT2D eigenvalue weighted by atomic mass is 10.0. The van der Waals surface area contributed by atoms with E-state index in [-0.39, 0.29) is 11.9 Å². The second kappa shape index (κ2) is 9.13. The zero-order valence-corrected chi connectivity index (χ0v) is 20.0. The van der Waals surface area contributed by atoms with Crippen LogP contribution in [-0.2, 0) is 4.74 Å². The van der Waals surface area contributed by atoms with E-state index in [9.17, 15) is 9.59 Å². The summed E-state index contributed by atoms with van der Waals surface area (Å²) in [4.78, 5) is 29.8. The average molecular weight is 461 g/mol. The molecule has 8 heteroatoms. The molecule has 0 bridgehead atoms. The molecule has 4 rings (SSSR count). The number of oxazole rings is 1. The molecule has 0 aliphatic carbocycles. The summed E-state index contributed by atoms with van der Waals surface area (Å²) < 4.78 is 10.7. The number of carbonyl (C=O) groups excluding carboxylic acids is 2. The van der Waals surface area contributed by atoms with E-state index in [0.717, 1.165) is 16.8 Å². The summed E-state index contributed by atoms with van der Waals surface area (Å²) in [7, 11) is 0. The van der Waals surface area contributed by atoms with Gasteiger partial charge in [0.05, 0.1) is 5.71 Å². The largest absolute Gasteiger partial charge is 0.449 e. The number of hydrazone groups is 1. The second-order valence-corrected chi connectivity index (χ2v) is 9.28. The fraction of sp³-hybridized carbons (Fsp3) is 0.308. The van der Waals surface area contributed by atoms with Gasteiger partial charge in [-0.3, -0.25) is 10.1 Å². The van der Waals surface area contributed by atoms with Crippen LogP contribution in [0.3, 0.4) is 0 Å². The van der Waals surface area contributed by atoms with Gasteiger partial charge in [0.25, 0.3) is 5.91 Å². The molecule has 2 aromatic carbocycles. The van der Waals surface area contributed by atoms with Gasteiger partial charge < -0.3 is 9.15 Å². The number of hydrogen-bond acceptors (Lipinski definition) is 6. The average Bonchev–Trinajstić information content (AvgIpc) is 3.39. The Morgan fingerprint density at radius 3 is 2.32 bits per heavy atom. The van der Waals surface area contributed by atoms with Crippen molar-refractivity contribution in [3.05, 3.63) is 83.1 Å². The number of rotatable bonds is 4. The van der Waals surface area contributed by atoms with Crippen LogP contribution in [0.15, 0.2) is 64.3 Å². The molecule has 34 heavy (non-hydrogen) atoms. The molecule has 1 aromatic heterocycles. The van der Waals surface area contributed by atoms with Gasteiger partial charge in [-0.15, -0.1) is 0 Å². The summed E-state index contributed by atoms with van der Waals surface area (Å²) >= 11 is 0. The topological polar surface area (TPSA) is 97.0 Å². The standard InChI is InChI=1S/C26H28N4O4/c1-16-6-8-19(9-7-16)24(31)30-23(22-15-33-17(2)27-22)14-21(29-30)18-10-12-20(13-11-18)28-25(32)34-26(3,4)5/h6-13,15,23H,14H2,1-5H3,(H,28,32). The number of amides is 2. The first-order chi connectivity index (χ1) is 16.1. The number of aryl methyl sites for hydroxylation is 2. The van der Waals surface area contributed by atoms with E-state index in [1.54, 1.807) is 37.5 Å². The number of carbonyl (C=O) groups is 2. The first kappa shape index (κ1) is 23.2. The molecule has 8 nitrogen and oxygen atoms in total. The highest BCUT2D eigenvalue weighted by Crippen LogP contribution is 2.34. The third-order valence-corrected chi connectivity index (χ3v) is 5.26. The van der Waals surface area contributed by atoms with E-state index in [4.69, 9.17) is 9.15 Å². The van der Waals surface area contributed by atoms with Crippen LogP contribution in [0, 0.1) is 13.8 Å². The number of nitrogens with zero attached hydrogens (tertiary/aromatic N) is 3. The fourth-order valence-electron chi connectivity index (χ4n) is 3.63. The zero-order chi connectivity index (χ0) is 24.5. The van der Waals surface area contributed by atoms with Crippen molar-refractivity contribution in [2.24, 2.45) is 5.10 Å². The van der Waals surface area contributed by atoms with Crippen molar-refractivity contribution in [3.8, 4) is 0 Å². The highest BCUT2D eigenvalue weighted by molar-refractivity contribution is 6.05. The highest BCUT2D eigenvalue weighted by atomic mass is 16.6. The lowest BCUT2D eigenvalue weighted by Gasteiger charge is -2.19. The third kappa shape index (κ3) is 5.33. The number of ether oxygens (including phenoxy) is 1.